The van der Waals surface area contributed by atoms with Crippen molar-refractivity contribution >= 4 is 12.0 Å². The van der Waals surface area contributed by atoms with Crippen LogP contribution in [0.2, 0.25) is 0 Å². The third-order valence-corrected chi connectivity index (χ3v) is 3.52. The smallest absolute Gasteiger partial charge is 0.406 e. The van der Waals surface area contributed by atoms with Crippen molar-refractivity contribution in [1.82, 2.24) is 10.2 Å². The van der Waals surface area contributed by atoms with E-state index in [0.717, 1.165) is 6.42 Å². The monoisotopic (exact) mass is 312 g/mol. The molecule has 2 amide bonds. The number of aliphatic hydroxyl groups is 1. The Balaban J connectivity index is 2.51. The SMILES string of the molecule is O=C(O)C1CCCC1CNC(=O)N(CCO)CC(F)(F)F. The molecule has 9 heteroatoms. The first kappa shape index (κ1) is 17.5. The molecular weight excluding hydrogens is 293 g/mol. The Labute approximate surface area is 119 Å². The highest BCUT2D eigenvalue weighted by Gasteiger charge is 2.35. The molecule has 0 aliphatic heterocycles. The summed E-state index contributed by atoms with van der Waals surface area (Å²) < 4.78 is 37.0. The van der Waals surface area contributed by atoms with Crippen molar-refractivity contribution in [3.63, 3.8) is 0 Å². The van der Waals surface area contributed by atoms with Gasteiger partial charge in [0.25, 0.3) is 0 Å². The van der Waals surface area contributed by atoms with Crippen LogP contribution in [0, 0.1) is 11.8 Å². The van der Waals surface area contributed by atoms with Gasteiger partial charge in [0.1, 0.15) is 6.54 Å². The van der Waals surface area contributed by atoms with Gasteiger partial charge in [-0.3, -0.25) is 4.79 Å². The molecule has 2 unspecified atom stereocenters. The number of carbonyl (C=O) groups is 2. The third kappa shape index (κ3) is 5.78. The standard InChI is InChI=1S/C12H19F3N2O4/c13-12(14,15)7-17(4-5-18)11(21)16-6-8-2-1-3-9(8)10(19)20/h8-9,18H,1-7H2,(H,16,21)(H,19,20). The van der Waals surface area contributed by atoms with Gasteiger partial charge in [0.2, 0.25) is 0 Å². The van der Waals surface area contributed by atoms with Gasteiger partial charge >= 0.3 is 18.2 Å². The van der Waals surface area contributed by atoms with Crippen LogP contribution in [0.3, 0.4) is 0 Å². The van der Waals surface area contributed by atoms with Crippen LogP contribution in [0.1, 0.15) is 19.3 Å². The van der Waals surface area contributed by atoms with Crippen molar-refractivity contribution in [2.75, 3.05) is 26.2 Å². The van der Waals surface area contributed by atoms with E-state index in [-0.39, 0.29) is 12.5 Å². The van der Waals surface area contributed by atoms with Crippen molar-refractivity contribution in [1.29, 1.82) is 0 Å². The van der Waals surface area contributed by atoms with Gasteiger partial charge in [0.05, 0.1) is 12.5 Å². The molecule has 1 aliphatic rings. The number of nitrogens with zero attached hydrogens (tertiary/aromatic N) is 1. The van der Waals surface area contributed by atoms with Crippen molar-refractivity contribution in [3.8, 4) is 0 Å². The summed E-state index contributed by atoms with van der Waals surface area (Å²) in [5.41, 5.74) is 0. The van der Waals surface area contributed by atoms with Crippen molar-refractivity contribution in [2.24, 2.45) is 11.8 Å². The molecule has 1 rings (SSSR count). The lowest BCUT2D eigenvalue weighted by Gasteiger charge is -2.25. The summed E-state index contributed by atoms with van der Waals surface area (Å²) >= 11 is 0. The van der Waals surface area contributed by atoms with E-state index in [1.165, 1.54) is 0 Å². The molecule has 1 saturated carbocycles. The Morgan fingerprint density at radius 3 is 2.48 bits per heavy atom. The zero-order chi connectivity index (χ0) is 16.0. The zero-order valence-corrected chi connectivity index (χ0v) is 11.4. The lowest BCUT2D eigenvalue weighted by molar-refractivity contribution is -0.142. The molecule has 3 N–H and O–H groups in total. The Morgan fingerprint density at radius 1 is 1.29 bits per heavy atom. The first-order valence-corrected chi connectivity index (χ1v) is 6.67. The van der Waals surface area contributed by atoms with Gasteiger partial charge in [-0.05, 0) is 18.8 Å². The fraction of sp³-hybridized carbons (Fsp3) is 0.833. The van der Waals surface area contributed by atoms with Crippen LogP contribution in [-0.2, 0) is 4.79 Å². The molecule has 0 bridgehead atoms. The lowest BCUT2D eigenvalue weighted by Crippen LogP contribution is -2.47. The van der Waals surface area contributed by atoms with Crippen LogP contribution in [0.4, 0.5) is 18.0 Å². The lowest BCUT2D eigenvalue weighted by atomic mass is 9.96. The number of urea groups is 1. The number of amides is 2. The summed E-state index contributed by atoms with van der Waals surface area (Å²) in [5.74, 6) is -1.79. The number of hydrogen-bond donors (Lipinski definition) is 3. The fourth-order valence-electron chi connectivity index (χ4n) is 2.53. The van der Waals surface area contributed by atoms with Crippen LogP contribution >= 0.6 is 0 Å². The summed E-state index contributed by atoms with van der Waals surface area (Å²) in [6.07, 6.45) is -2.70. The van der Waals surface area contributed by atoms with E-state index in [9.17, 15) is 22.8 Å². The second-order valence-electron chi connectivity index (χ2n) is 5.08. The Bertz CT molecular complexity index is 376. The maximum atomic E-state index is 12.3. The number of halogens is 3. The zero-order valence-electron chi connectivity index (χ0n) is 11.4. The van der Waals surface area contributed by atoms with E-state index in [0.29, 0.717) is 17.7 Å². The minimum absolute atomic E-state index is 0.0234. The number of carbonyl (C=O) groups excluding carboxylic acids is 1. The fourth-order valence-corrected chi connectivity index (χ4v) is 2.53. The molecule has 122 valence electrons. The topological polar surface area (TPSA) is 89.9 Å². The average molecular weight is 312 g/mol. The molecule has 0 aromatic carbocycles. The first-order chi connectivity index (χ1) is 9.74. The summed E-state index contributed by atoms with van der Waals surface area (Å²) in [5, 5.41) is 20.0. The Kier molecular flexibility index (Phi) is 6.25. The van der Waals surface area contributed by atoms with Gasteiger partial charge in [0, 0.05) is 13.1 Å². The number of rotatable bonds is 6. The largest absolute Gasteiger partial charge is 0.481 e. The van der Waals surface area contributed by atoms with Crippen LogP contribution in [0.15, 0.2) is 0 Å². The van der Waals surface area contributed by atoms with E-state index in [2.05, 4.69) is 5.32 Å². The minimum atomic E-state index is -4.55. The first-order valence-electron chi connectivity index (χ1n) is 6.67. The van der Waals surface area contributed by atoms with E-state index < -0.39 is 43.8 Å². The number of hydrogen-bond acceptors (Lipinski definition) is 3. The van der Waals surface area contributed by atoms with E-state index in [1.807, 2.05) is 0 Å². The normalized spacial score (nSPS) is 22.1. The number of aliphatic carboxylic acids is 1. The number of carboxylic acid groups (broad SMARTS) is 1. The quantitative estimate of drug-likeness (QED) is 0.684. The van der Waals surface area contributed by atoms with E-state index in [4.69, 9.17) is 10.2 Å². The van der Waals surface area contributed by atoms with E-state index in [1.54, 1.807) is 0 Å². The summed E-state index contributed by atoms with van der Waals surface area (Å²) in [7, 11) is 0. The highest BCUT2D eigenvalue weighted by atomic mass is 19.4. The predicted molar refractivity (Wildman–Crippen MR) is 66.6 cm³/mol. The van der Waals surface area contributed by atoms with Crippen LogP contribution in [-0.4, -0.2) is 59.5 Å². The van der Waals surface area contributed by atoms with Crippen molar-refractivity contribution in [3.05, 3.63) is 0 Å². The van der Waals surface area contributed by atoms with Crippen LogP contribution < -0.4 is 5.32 Å². The molecule has 0 saturated heterocycles. The van der Waals surface area contributed by atoms with Gasteiger partial charge in [-0.2, -0.15) is 13.2 Å². The molecule has 0 heterocycles. The van der Waals surface area contributed by atoms with Gasteiger partial charge in [-0.15, -0.1) is 0 Å². The second-order valence-corrected chi connectivity index (χ2v) is 5.08. The maximum absolute atomic E-state index is 12.3. The van der Waals surface area contributed by atoms with Gasteiger partial charge in [-0.1, -0.05) is 6.42 Å². The third-order valence-electron chi connectivity index (χ3n) is 3.52. The van der Waals surface area contributed by atoms with Crippen molar-refractivity contribution in [2.45, 2.75) is 25.4 Å². The minimum Gasteiger partial charge on any atom is -0.481 e. The number of alkyl halides is 3. The summed E-state index contributed by atoms with van der Waals surface area (Å²) in [6.45, 7) is -2.44. The molecule has 0 radical (unpaired) electrons. The van der Waals surface area contributed by atoms with Crippen LogP contribution in [0.25, 0.3) is 0 Å². The molecule has 21 heavy (non-hydrogen) atoms. The highest BCUT2D eigenvalue weighted by molar-refractivity contribution is 5.74. The predicted octanol–water partition coefficient (Wildman–Crippen LogP) is 1.05. The van der Waals surface area contributed by atoms with Gasteiger partial charge in [0.15, 0.2) is 0 Å². The number of carboxylic acids is 1. The number of nitrogens with one attached hydrogen (secondary N) is 1. The number of aliphatic hydroxyl groups excluding tert-OH is 1. The maximum Gasteiger partial charge on any atom is 0.406 e. The second kappa shape index (κ2) is 7.48. The summed E-state index contributed by atoms with van der Waals surface area (Å²) in [4.78, 5) is 23.1. The molecule has 1 fully saturated rings. The van der Waals surface area contributed by atoms with Crippen LogP contribution in [0.5, 0.6) is 0 Å². The van der Waals surface area contributed by atoms with Gasteiger partial charge in [-0.25, -0.2) is 4.79 Å². The molecule has 6 nitrogen and oxygen atoms in total. The molecule has 2 atom stereocenters. The van der Waals surface area contributed by atoms with Crippen molar-refractivity contribution < 1.29 is 33.0 Å². The molecule has 1 aliphatic carbocycles. The molecule has 0 aromatic heterocycles. The molecule has 0 aromatic rings. The Morgan fingerprint density at radius 2 is 1.95 bits per heavy atom. The molecular formula is C12H19F3N2O4. The van der Waals surface area contributed by atoms with E-state index >= 15 is 0 Å². The van der Waals surface area contributed by atoms with Gasteiger partial charge < -0.3 is 20.4 Å². The molecule has 0 spiro atoms. The summed E-state index contributed by atoms with van der Waals surface area (Å²) in [6, 6.07) is -0.947. The Hall–Kier alpha value is -1.51. The average Bonchev–Trinajstić information content (AvgIpc) is 2.82. The highest BCUT2D eigenvalue weighted by Crippen LogP contribution is 2.31.